The number of carbonyl (C=O) groups excluding carboxylic acids is 1. The number of hydrogen-bond acceptors (Lipinski definition) is 3. The number of pyridine rings is 1. The predicted octanol–water partition coefficient (Wildman–Crippen LogP) is 0.745. The molecule has 5 nitrogen and oxygen atoms in total. The average molecular weight is 216 g/mol. The van der Waals surface area contributed by atoms with Crippen molar-refractivity contribution in [3.8, 4) is 0 Å². The number of rotatable bonds is 3. The normalized spacial score (nSPS) is 10.1. The Labute approximate surface area is 93.1 Å². The van der Waals surface area contributed by atoms with Crippen LogP contribution in [0.5, 0.6) is 0 Å². The molecule has 82 valence electrons. The molecule has 0 aliphatic carbocycles. The van der Waals surface area contributed by atoms with Crippen LogP contribution in [0.4, 0.5) is 0 Å². The molecule has 0 fully saturated rings. The first-order valence-electron chi connectivity index (χ1n) is 4.91. The van der Waals surface area contributed by atoms with Crippen LogP contribution in [-0.4, -0.2) is 20.7 Å². The molecule has 0 aliphatic heterocycles. The zero-order chi connectivity index (χ0) is 11.4. The van der Waals surface area contributed by atoms with Crippen molar-refractivity contribution in [2.24, 2.45) is 7.05 Å². The van der Waals surface area contributed by atoms with Gasteiger partial charge in [0.05, 0.1) is 11.8 Å². The van der Waals surface area contributed by atoms with Gasteiger partial charge in [0, 0.05) is 37.7 Å². The smallest absolute Gasteiger partial charge is 0.253 e. The Hall–Kier alpha value is -2.17. The van der Waals surface area contributed by atoms with E-state index in [4.69, 9.17) is 0 Å². The largest absolute Gasteiger partial charge is 0.348 e. The number of hydrogen-bond donors (Lipinski definition) is 1. The highest BCUT2D eigenvalue weighted by Crippen LogP contribution is 1.98. The molecule has 0 aromatic carbocycles. The summed E-state index contributed by atoms with van der Waals surface area (Å²) in [4.78, 5) is 15.5. The topological polar surface area (TPSA) is 59.8 Å². The fourth-order valence-corrected chi connectivity index (χ4v) is 1.34. The SMILES string of the molecule is Cn1cc(CNC(=O)c2cccnc2)cn1. The molecule has 2 aromatic rings. The van der Waals surface area contributed by atoms with E-state index in [0.717, 1.165) is 5.56 Å². The highest BCUT2D eigenvalue weighted by molar-refractivity contribution is 5.93. The molecule has 0 bridgehead atoms. The highest BCUT2D eigenvalue weighted by atomic mass is 16.1. The van der Waals surface area contributed by atoms with Gasteiger partial charge in [0.25, 0.3) is 5.91 Å². The van der Waals surface area contributed by atoms with Crippen molar-refractivity contribution in [3.63, 3.8) is 0 Å². The minimum absolute atomic E-state index is 0.128. The summed E-state index contributed by atoms with van der Waals surface area (Å²) in [5, 5.41) is 6.82. The summed E-state index contributed by atoms with van der Waals surface area (Å²) < 4.78 is 1.70. The molecule has 0 radical (unpaired) electrons. The van der Waals surface area contributed by atoms with E-state index in [2.05, 4.69) is 15.4 Å². The molecule has 0 atom stereocenters. The number of amides is 1. The molecule has 2 heterocycles. The minimum Gasteiger partial charge on any atom is -0.348 e. The van der Waals surface area contributed by atoms with Crippen LogP contribution in [-0.2, 0) is 13.6 Å². The number of nitrogens with zero attached hydrogens (tertiary/aromatic N) is 3. The lowest BCUT2D eigenvalue weighted by atomic mass is 10.2. The van der Waals surface area contributed by atoms with Crippen molar-refractivity contribution in [2.45, 2.75) is 6.54 Å². The standard InChI is InChI=1S/C11H12N4O/c1-15-8-9(6-14-15)5-13-11(16)10-3-2-4-12-7-10/h2-4,6-8H,5H2,1H3,(H,13,16). The first-order chi connectivity index (χ1) is 7.75. The van der Waals surface area contributed by atoms with Crippen molar-refractivity contribution in [3.05, 3.63) is 48.0 Å². The minimum atomic E-state index is -0.128. The second kappa shape index (κ2) is 4.57. The Bertz CT molecular complexity index is 478. The van der Waals surface area contributed by atoms with Gasteiger partial charge in [-0.15, -0.1) is 0 Å². The molecule has 0 unspecified atom stereocenters. The third-order valence-electron chi connectivity index (χ3n) is 2.14. The van der Waals surface area contributed by atoms with Gasteiger partial charge in [0.1, 0.15) is 0 Å². The van der Waals surface area contributed by atoms with Gasteiger partial charge in [0.15, 0.2) is 0 Å². The van der Waals surface area contributed by atoms with Crippen LogP contribution in [0.2, 0.25) is 0 Å². The lowest BCUT2D eigenvalue weighted by Crippen LogP contribution is -2.22. The highest BCUT2D eigenvalue weighted by Gasteiger charge is 2.04. The zero-order valence-electron chi connectivity index (χ0n) is 8.92. The molecule has 2 aromatic heterocycles. The van der Waals surface area contributed by atoms with Gasteiger partial charge >= 0.3 is 0 Å². The molecular formula is C11H12N4O. The van der Waals surface area contributed by atoms with E-state index in [1.165, 1.54) is 0 Å². The predicted molar refractivity (Wildman–Crippen MR) is 58.6 cm³/mol. The first kappa shape index (κ1) is 10.4. The van der Waals surface area contributed by atoms with Gasteiger partial charge in [-0.05, 0) is 12.1 Å². The molecule has 1 N–H and O–H groups in total. The van der Waals surface area contributed by atoms with Gasteiger partial charge in [-0.2, -0.15) is 5.10 Å². The van der Waals surface area contributed by atoms with Gasteiger partial charge < -0.3 is 5.32 Å². The molecule has 0 aliphatic rings. The third kappa shape index (κ3) is 2.44. The summed E-state index contributed by atoms with van der Waals surface area (Å²) in [7, 11) is 1.84. The lowest BCUT2D eigenvalue weighted by Gasteiger charge is -2.02. The second-order valence-electron chi connectivity index (χ2n) is 3.45. The summed E-state index contributed by atoms with van der Waals surface area (Å²) in [5.74, 6) is -0.128. The lowest BCUT2D eigenvalue weighted by molar-refractivity contribution is 0.0950. The fourth-order valence-electron chi connectivity index (χ4n) is 1.34. The van der Waals surface area contributed by atoms with E-state index in [-0.39, 0.29) is 5.91 Å². The van der Waals surface area contributed by atoms with Crippen molar-refractivity contribution in [1.29, 1.82) is 0 Å². The monoisotopic (exact) mass is 216 g/mol. The summed E-state index contributed by atoms with van der Waals surface area (Å²) in [5.41, 5.74) is 1.53. The van der Waals surface area contributed by atoms with Crippen LogP contribution in [0.1, 0.15) is 15.9 Å². The van der Waals surface area contributed by atoms with Gasteiger partial charge in [0.2, 0.25) is 0 Å². The Kier molecular flexibility index (Phi) is 2.95. The van der Waals surface area contributed by atoms with E-state index in [0.29, 0.717) is 12.1 Å². The van der Waals surface area contributed by atoms with E-state index in [1.807, 2.05) is 13.2 Å². The van der Waals surface area contributed by atoms with Gasteiger partial charge in [-0.25, -0.2) is 0 Å². The van der Waals surface area contributed by atoms with E-state index in [1.54, 1.807) is 35.4 Å². The van der Waals surface area contributed by atoms with Crippen LogP contribution in [0.25, 0.3) is 0 Å². The van der Waals surface area contributed by atoms with Crippen LogP contribution in [0.15, 0.2) is 36.9 Å². The van der Waals surface area contributed by atoms with Crippen molar-refractivity contribution < 1.29 is 4.79 Å². The average Bonchev–Trinajstić information content (AvgIpc) is 2.73. The molecule has 5 heteroatoms. The Morgan fingerprint density at radius 2 is 2.38 bits per heavy atom. The molecule has 16 heavy (non-hydrogen) atoms. The first-order valence-corrected chi connectivity index (χ1v) is 4.91. The zero-order valence-corrected chi connectivity index (χ0v) is 8.92. The quantitative estimate of drug-likeness (QED) is 0.823. The van der Waals surface area contributed by atoms with Crippen LogP contribution in [0, 0.1) is 0 Å². The van der Waals surface area contributed by atoms with Crippen LogP contribution in [0.3, 0.4) is 0 Å². The maximum Gasteiger partial charge on any atom is 0.253 e. The Morgan fingerprint density at radius 3 is 3.00 bits per heavy atom. The van der Waals surface area contributed by atoms with Crippen molar-refractivity contribution in [1.82, 2.24) is 20.1 Å². The van der Waals surface area contributed by atoms with E-state index in [9.17, 15) is 4.79 Å². The molecule has 0 saturated heterocycles. The van der Waals surface area contributed by atoms with Crippen LogP contribution < -0.4 is 5.32 Å². The maximum absolute atomic E-state index is 11.6. The number of nitrogens with one attached hydrogen (secondary N) is 1. The maximum atomic E-state index is 11.6. The summed E-state index contributed by atoms with van der Waals surface area (Å²) in [6.07, 6.45) is 6.77. The Morgan fingerprint density at radius 1 is 1.50 bits per heavy atom. The molecule has 0 saturated carbocycles. The van der Waals surface area contributed by atoms with Gasteiger partial charge in [-0.3, -0.25) is 14.5 Å². The molecule has 2 rings (SSSR count). The summed E-state index contributed by atoms with van der Waals surface area (Å²) in [6.45, 7) is 0.474. The number of carbonyl (C=O) groups is 1. The van der Waals surface area contributed by atoms with Crippen molar-refractivity contribution in [2.75, 3.05) is 0 Å². The summed E-state index contributed by atoms with van der Waals surface area (Å²) >= 11 is 0. The third-order valence-corrected chi connectivity index (χ3v) is 2.14. The van der Waals surface area contributed by atoms with Crippen LogP contribution >= 0.6 is 0 Å². The fraction of sp³-hybridized carbons (Fsp3) is 0.182. The number of aromatic nitrogens is 3. The van der Waals surface area contributed by atoms with Gasteiger partial charge in [-0.1, -0.05) is 0 Å². The Balaban J connectivity index is 1.94. The van der Waals surface area contributed by atoms with Crippen molar-refractivity contribution >= 4 is 5.91 Å². The summed E-state index contributed by atoms with van der Waals surface area (Å²) in [6, 6.07) is 3.46. The second-order valence-corrected chi connectivity index (χ2v) is 3.45. The van der Waals surface area contributed by atoms with E-state index < -0.39 is 0 Å². The molecule has 1 amide bonds. The number of aryl methyl sites for hydroxylation is 1. The van der Waals surface area contributed by atoms with E-state index >= 15 is 0 Å². The molecular weight excluding hydrogens is 204 g/mol. The molecule has 0 spiro atoms.